The van der Waals surface area contributed by atoms with E-state index in [0.717, 1.165) is 0 Å². The molecular formula is C12H22N2OS. The molecule has 1 aromatic rings. The van der Waals surface area contributed by atoms with Crippen molar-refractivity contribution in [2.45, 2.75) is 39.8 Å². The van der Waals surface area contributed by atoms with Crippen LogP contribution in [0, 0.1) is 5.41 Å². The van der Waals surface area contributed by atoms with E-state index in [2.05, 4.69) is 43.0 Å². The van der Waals surface area contributed by atoms with Crippen LogP contribution in [0.1, 0.15) is 39.3 Å². The van der Waals surface area contributed by atoms with Crippen molar-refractivity contribution in [1.82, 2.24) is 5.43 Å². The van der Waals surface area contributed by atoms with Gasteiger partial charge in [-0.3, -0.25) is 11.3 Å². The Morgan fingerprint density at radius 1 is 1.50 bits per heavy atom. The van der Waals surface area contributed by atoms with Gasteiger partial charge in [-0.15, -0.1) is 0 Å². The molecule has 0 radical (unpaired) electrons. The third-order valence-electron chi connectivity index (χ3n) is 2.58. The van der Waals surface area contributed by atoms with Crippen LogP contribution in [0.25, 0.3) is 0 Å². The highest BCUT2D eigenvalue weighted by Crippen LogP contribution is 2.33. The van der Waals surface area contributed by atoms with Crippen LogP contribution >= 0.6 is 11.3 Å². The third-order valence-corrected chi connectivity index (χ3v) is 3.29. The maximum absolute atomic E-state index is 5.85. The summed E-state index contributed by atoms with van der Waals surface area (Å²) in [5.74, 6) is 5.67. The van der Waals surface area contributed by atoms with E-state index >= 15 is 0 Å². The van der Waals surface area contributed by atoms with Gasteiger partial charge in [-0.2, -0.15) is 11.3 Å². The zero-order chi connectivity index (χ0) is 12.2. The average Bonchev–Trinajstić information content (AvgIpc) is 2.69. The topological polar surface area (TPSA) is 47.3 Å². The lowest BCUT2D eigenvalue weighted by Crippen LogP contribution is -2.44. The molecule has 16 heavy (non-hydrogen) atoms. The van der Waals surface area contributed by atoms with Crippen LogP contribution in [0.2, 0.25) is 0 Å². The number of ether oxygens (including phenoxy) is 1. The molecule has 0 saturated carbocycles. The summed E-state index contributed by atoms with van der Waals surface area (Å²) >= 11 is 1.68. The Kier molecular flexibility index (Phi) is 4.92. The van der Waals surface area contributed by atoms with Gasteiger partial charge in [0.15, 0.2) is 0 Å². The Bertz CT molecular complexity index is 292. The van der Waals surface area contributed by atoms with Crippen LogP contribution in [-0.2, 0) is 4.74 Å². The van der Waals surface area contributed by atoms with Gasteiger partial charge in [-0.25, -0.2) is 0 Å². The lowest BCUT2D eigenvalue weighted by molar-refractivity contribution is -0.0365. The van der Waals surface area contributed by atoms with Crippen LogP contribution in [0.3, 0.4) is 0 Å². The lowest BCUT2D eigenvalue weighted by Gasteiger charge is -2.36. The van der Waals surface area contributed by atoms with Crippen molar-refractivity contribution in [3.05, 3.63) is 22.4 Å². The first-order chi connectivity index (χ1) is 7.50. The Morgan fingerprint density at radius 2 is 2.19 bits per heavy atom. The minimum absolute atomic E-state index is 0.0474. The summed E-state index contributed by atoms with van der Waals surface area (Å²) in [5, 5.41) is 4.17. The molecule has 2 atom stereocenters. The van der Waals surface area contributed by atoms with Crippen molar-refractivity contribution in [3.63, 3.8) is 0 Å². The Balaban J connectivity index is 2.90. The van der Waals surface area contributed by atoms with E-state index in [1.54, 1.807) is 11.3 Å². The van der Waals surface area contributed by atoms with Gasteiger partial charge in [-0.1, -0.05) is 20.8 Å². The van der Waals surface area contributed by atoms with E-state index in [4.69, 9.17) is 10.6 Å². The molecule has 1 heterocycles. The van der Waals surface area contributed by atoms with E-state index in [1.807, 2.05) is 6.92 Å². The highest BCUT2D eigenvalue weighted by molar-refractivity contribution is 7.07. The van der Waals surface area contributed by atoms with Crippen LogP contribution < -0.4 is 11.3 Å². The summed E-state index contributed by atoms with van der Waals surface area (Å²) in [6.07, 6.45) is 0.0668. The number of thiophene rings is 1. The van der Waals surface area contributed by atoms with Crippen LogP contribution in [0.4, 0.5) is 0 Å². The van der Waals surface area contributed by atoms with E-state index in [9.17, 15) is 0 Å². The second-order valence-corrected chi connectivity index (χ2v) is 5.72. The molecule has 0 aromatic carbocycles. The average molecular weight is 242 g/mol. The quantitative estimate of drug-likeness (QED) is 0.616. The van der Waals surface area contributed by atoms with E-state index in [1.165, 1.54) is 5.56 Å². The predicted octanol–water partition coefficient (Wildman–Crippen LogP) is 2.70. The van der Waals surface area contributed by atoms with Crippen molar-refractivity contribution in [1.29, 1.82) is 0 Å². The largest absolute Gasteiger partial charge is 0.376 e. The lowest BCUT2D eigenvalue weighted by atomic mass is 9.83. The molecule has 3 nitrogen and oxygen atoms in total. The second-order valence-electron chi connectivity index (χ2n) is 4.94. The van der Waals surface area contributed by atoms with Gasteiger partial charge in [0.2, 0.25) is 0 Å². The smallest absolute Gasteiger partial charge is 0.0830 e. The highest BCUT2D eigenvalue weighted by atomic mass is 32.1. The summed E-state index contributed by atoms with van der Waals surface area (Å²) < 4.78 is 5.85. The van der Waals surface area contributed by atoms with Crippen molar-refractivity contribution >= 4 is 11.3 Å². The first-order valence-corrected chi connectivity index (χ1v) is 6.54. The van der Waals surface area contributed by atoms with Gasteiger partial charge in [0.25, 0.3) is 0 Å². The fraction of sp³-hybridized carbons (Fsp3) is 0.667. The Morgan fingerprint density at radius 3 is 2.56 bits per heavy atom. The van der Waals surface area contributed by atoms with E-state index < -0.39 is 0 Å². The molecule has 0 fully saturated rings. The van der Waals surface area contributed by atoms with E-state index in [-0.39, 0.29) is 17.6 Å². The van der Waals surface area contributed by atoms with Gasteiger partial charge >= 0.3 is 0 Å². The number of hydrazine groups is 1. The molecule has 0 aliphatic rings. The summed E-state index contributed by atoms with van der Waals surface area (Å²) in [6, 6.07) is 2.14. The standard InChI is InChI=1S/C12H22N2OS/c1-5-15-11(12(2,3)4)10(14-13)9-6-7-16-8-9/h6-8,10-11,14H,5,13H2,1-4H3. The van der Waals surface area contributed by atoms with Crippen molar-refractivity contribution < 1.29 is 4.74 Å². The summed E-state index contributed by atoms with van der Waals surface area (Å²) in [6.45, 7) is 9.22. The number of nitrogens with one attached hydrogen (secondary N) is 1. The zero-order valence-corrected chi connectivity index (χ0v) is 11.3. The Labute approximate surface area is 102 Å². The summed E-state index contributed by atoms with van der Waals surface area (Å²) in [5.41, 5.74) is 4.12. The van der Waals surface area contributed by atoms with Crippen molar-refractivity contribution in [3.8, 4) is 0 Å². The molecule has 0 saturated heterocycles. The van der Waals surface area contributed by atoms with Gasteiger partial charge in [0.1, 0.15) is 0 Å². The fourth-order valence-corrected chi connectivity index (χ4v) is 2.53. The number of nitrogens with two attached hydrogens (primary N) is 1. The van der Waals surface area contributed by atoms with Gasteiger partial charge in [0, 0.05) is 6.61 Å². The molecule has 4 heteroatoms. The number of hydrogen-bond donors (Lipinski definition) is 2. The molecule has 0 aliphatic carbocycles. The maximum Gasteiger partial charge on any atom is 0.0830 e. The van der Waals surface area contributed by atoms with Crippen LogP contribution in [-0.4, -0.2) is 12.7 Å². The van der Waals surface area contributed by atoms with Crippen molar-refractivity contribution in [2.24, 2.45) is 11.3 Å². The maximum atomic E-state index is 5.85. The first kappa shape index (κ1) is 13.6. The minimum atomic E-state index is 0.0474. The van der Waals surface area contributed by atoms with Gasteiger partial charge < -0.3 is 4.74 Å². The molecular weight excluding hydrogens is 220 g/mol. The molecule has 3 N–H and O–H groups in total. The highest BCUT2D eigenvalue weighted by Gasteiger charge is 2.33. The van der Waals surface area contributed by atoms with Crippen molar-refractivity contribution in [2.75, 3.05) is 6.61 Å². The van der Waals surface area contributed by atoms with Gasteiger partial charge in [0.05, 0.1) is 12.1 Å². The molecule has 1 rings (SSSR count). The molecule has 92 valence electrons. The molecule has 2 unspecified atom stereocenters. The summed E-state index contributed by atoms with van der Waals surface area (Å²) in [4.78, 5) is 0. The molecule has 0 spiro atoms. The molecule has 0 amide bonds. The SMILES string of the molecule is CCOC(C(NN)c1ccsc1)C(C)(C)C. The third kappa shape index (κ3) is 3.28. The monoisotopic (exact) mass is 242 g/mol. The zero-order valence-electron chi connectivity index (χ0n) is 10.5. The van der Waals surface area contributed by atoms with Gasteiger partial charge in [-0.05, 0) is 34.7 Å². The molecule has 0 aliphatic heterocycles. The summed E-state index contributed by atoms with van der Waals surface area (Å²) in [7, 11) is 0. The van der Waals surface area contributed by atoms with E-state index in [0.29, 0.717) is 6.61 Å². The number of hydrogen-bond acceptors (Lipinski definition) is 4. The van der Waals surface area contributed by atoms with Crippen LogP contribution in [0.5, 0.6) is 0 Å². The predicted molar refractivity (Wildman–Crippen MR) is 69.3 cm³/mol. The minimum Gasteiger partial charge on any atom is -0.376 e. The fourth-order valence-electron chi connectivity index (χ4n) is 1.84. The molecule has 0 bridgehead atoms. The van der Waals surface area contributed by atoms with Crippen LogP contribution in [0.15, 0.2) is 16.8 Å². The Hall–Kier alpha value is -0.420. The number of rotatable bonds is 5. The molecule has 1 aromatic heterocycles. The first-order valence-electron chi connectivity index (χ1n) is 5.60. The normalized spacial score (nSPS) is 16.1. The second kappa shape index (κ2) is 5.77.